The Morgan fingerprint density at radius 1 is 1.47 bits per heavy atom. The Hall–Kier alpha value is -1.26. The van der Waals surface area contributed by atoms with Gasteiger partial charge in [-0.1, -0.05) is 28.8 Å². The molecule has 0 saturated carbocycles. The molecule has 1 aromatic carbocycles. The molecule has 0 amide bonds. The standard InChI is InChI=1S/C11H14ClN3O2/c1-7-2-3-8(6-9(7)12)11(17)10(16)4-5-14-15-13/h2-3,6,10-11,16-17H,4-5H2,1H3. The Morgan fingerprint density at radius 2 is 2.18 bits per heavy atom. The summed E-state index contributed by atoms with van der Waals surface area (Å²) in [5.74, 6) is 0. The number of benzene rings is 1. The van der Waals surface area contributed by atoms with Crippen LogP contribution in [0.5, 0.6) is 0 Å². The monoisotopic (exact) mass is 255 g/mol. The molecule has 92 valence electrons. The molecular weight excluding hydrogens is 242 g/mol. The van der Waals surface area contributed by atoms with Crippen molar-refractivity contribution in [3.05, 3.63) is 44.8 Å². The molecule has 0 spiro atoms. The number of aliphatic hydroxyl groups is 2. The minimum Gasteiger partial charge on any atom is -0.390 e. The maximum Gasteiger partial charge on any atom is 0.105 e. The summed E-state index contributed by atoms with van der Waals surface area (Å²) in [7, 11) is 0. The Morgan fingerprint density at radius 3 is 2.76 bits per heavy atom. The highest BCUT2D eigenvalue weighted by Gasteiger charge is 2.18. The van der Waals surface area contributed by atoms with Crippen molar-refractivity contribution in [2.75, 3.05) is 6.54 Å². The van der Waals surface area contributed by atoms with Gasteiger partial charge in [0.15, 0.2) is 0 Å². The van der Waals surface area contributed by atoms with E-state index < -0.39 is 12.2 Å². The summed E-state index contributed by atoms with van der Waals surface area (Å²) < 4.78 is 0. The second kappa shape index (κ2) is 6.47. The van der Waals surface area contributed by atoms with E-state index in [1.54, 1.807) is 18.2 Å². The lowest BCUT2D eigenvalue weighted by Crippen LogP contribution is -2.19. The van der Waals surface area contributed by atoms with Crippen LogP contribution in [0, 0.1) is 6.92 Å². The first kappa shape index (κ1) is 13.8. The highest BCUT2D eigenvalue weighted by molar-refractivity contribution is 6.31. The third kappa shape index (κ3) is 3.91. The summed E-state index contributed by atoms with van der Waals surface area (Å²) in [5, 5.41) is 23.4. The summed E-state index contributed by atoms with van der Waals surface area (Å²) in [6, 6.07) is 5.11. The topological polar surface area (TPSA) is 89.2 Å². The molecule has 0 radical (unpaired) electrons. The second-order valence-electron chi connectivity index (χ2n) is 3.76. The fraction of sp³-hybridized carbons (Fsp3) is 0.455. The van der Waals surface area contributed by atoms with E-state index in [4.69, 9.17) is 17.1 Å². The summed E-state index contributed by atoms with van der Waals surface area (Å²) >= 11 is 5.93. The van der Waals surface area contributed by atoms with Crippen molar-refractivity contribution in [2.45, 2.75) is 25.6 Å². The fourth-order valence-electron chi connectivity index (χ4n) is 1.41. The highest BCUT2D eigenvalue weighted by Crippen LogP contribution is 2.24. The van der Waals surface area contributed by atoms with Crippen LogP contribution in [0.15, 0.2) is 23.3 Å². The molecule has 0 heterocycles. The van der Waals surface area contributed by atoms with Crippen LogP contribution >= 0.6 is 11.6 Å². The van der Waals surface area contributed by atoms with Gasteiger partial charge >= 0.3 is 0 Å². The first-order chi connectivity index (χ1) is 8.06. The molecule has 0 saturated heterocycles. The molecule has 2 N–H and O–H groups in total. The third-order valence-corrected chi connectivity index (χ3v) is 2.90. The number of azide groups is 1. The van der Waals surface area contributed by atoms with Crippen molar-refractivity contribution >= 4 is 11.6 Å². The minimum atomic E-state index is -1.03. The van der Waals surface area contributed by atoms with Crippen LogP contribution < -0.4 is 0 Å². The lowest BCUT2D eigenvalue weighted by atomic mass is 10.0. The van der Waals surface area contributed by atoms with Gasteiger partial charge in [0.2, 0.25) is 0 Å². The zero-order chi connectivity index (χ0) is 12.8. The maximum atomic E-state index is 9.86. The molecule has 2 atom stereocenters. The van der Waals surface area contributed by atoms with Crippen molar-refractivity contribution in [3.63, 3.8) is 0 Å². The quantitative estimate of drug-likeness (QED) is 0.481. The number of hydrogen-bond acceptors (Lipinski definition) is 3. The van der Waals surface area contributed by atoms with Crippen LogP contribution in [-0.2, 0) is 0 Å². The van der Waals surface area contributed by atoms with E-state index in [1.807, 2.05) is 6.92 Å². The first-order valence-electron chi connectivity index (χ1n) is 5.19. The molecule has 0 aliphatic rings. The molecule has 0 aromatic heterocycles. The zero-order valence-electron chi connectivity index (χ0n) is 9.41. The van der Waals surface area contributed by atoms with Gasteiger partial charge in [0.1, 0.15) is 6.10 Å². The number of aliphatic hydroxyl groups excluding tert-OH is 2. The largest absolute Gasteiger partial charge is 0.390 e. The molecule has 0 aliphatic carbocycles. The number of aryl methyl sites for hydroxylation is 1. The SMILES string of the molecule is Cc1ccc(C(O)C(O)CCN=[N+]=[N-])cc1Cl. The van der Waals surface area contributed by atoms with Gasteiger partial charge < -0.3 is 10.2 Å². The maximum absolute atomic E-state index is 9.86. The average Bonchev–Trinajstić information content (AvgIpc) is 2.32. The van der Waals surface area contributed by atoms with Gasteiger partial charge in [-0.25, -0.2) is 0 Å². The van der Waals surface area contributed by atoms with E-state index in [-0.39, 0.29) is 13.0 Å². The fourth-order valence-corrected chi connectivity index (χ4v) is 1.60. The van der Waals surface area contributed by atoms with Crippen molar-refractivity contribution in [1.29, 1.82) is 0 Å². The molecule has 0 bridgehead atoms. The van der Waals surface area contributed by atoms with Gasteiger partial charge in [-0.2, -0.15) is 0 Å². The van der Waals surface area contributed by atoms with E-state index in [1.165, 1.54) is 0 Å². The Bertz CT molecular complexity index is 433. The van der Waals surface area contributed by atoms with E-state index in [0.29, 0.717) is 10.6 Å². The molecule has 5 nitrogen and oxygen atoms in total. The van der Waals surface area contributed by atoms with Crippen LogP contribution in [0.1, 0.15) is 23.7 Å². The van der Waals surface area contributed by atoms with Crippen molar-refractivity contribution in [3.8, 4) is 0 Å². The van der Waals surface area contributed by atoms with Gasteiger partial charge in [-0.05, 0) is 36.1 Å². The summed E-state index contributed by atoms with van der Waals surface area (Å²) in [4.78, 5) is 2.58. The van der Waals surface area contributed by atoms with E-state index >= 15 is 0 Å². The number of nitrogens with zero attached hydrogens (tertiary/aromatic N) is 3. The number of hydrogen-bond donors (Lipinski definition) is 2. The van der Waals surface area contributed by atoms with Crippen molar-refractivity contribution in [1.82, 2.24) is 0 Å². The average molecular weight is 256 g/mol. The predicted octanol–water partition coefficient (Wildman–Crippen LogP) is 2.74. The van der Waals surface area contributed by atoms with Crippen LogP contribution in [-0.4, -0.2) is 22.9 Å². The molecule has 17 heavy (non-hydrogen) atoms. The van der Waals surface area contributed by atoms with Gasteiger partial charge in [-0.3, -0.25) is 0 Å². The summed E-state index contributed by atoms with van der Waals surface area (Å²) in [5.41, 5.74) is 9.56. The molecule has 2 unspecified atom stereocenters. The van der Waals surface area contributed by atoms with Crippen LogP contribution in [0.2, 0.25) is 5.02 Å². The number of rotatable bonds is 5. The van der Waals surface area contributed by atoms with Crippen LogP contribution in [0.25, 0.3) is 10.4 Å². The first-order valence-corrected chi connectivity index (χ1v) is 5.57. The van der Waals surface area contributed by atoms with Crippen molar-refractivity contribution in [2.24, 2.45) is 5.11 Å². The predicted molar refractivity (Wildman–Crippen MR) is 65.8 cm³/mol. The molecule has 1 rings (SSSR count). The van der Waals surface area contributed by atoms with Crippen molar-refractivity contribution < 1.29 is 10.2 Å². The molecule has 0 fully saturated rings. The van der Waals surface area contributed by atoms with Gasteiger partial charge in [-0.15, -0.1) is 0 Å². The molecule has 0 aliphatic heterocycles. The van der Waals surface area contributed by atoms with Crippen LogP contribution in [0.4, 0.5) is 0 Å². The summed E-state index contributed by atoms with van der Waals surface area (Å²) in [6.45, 7) is 2.00. The Kier molecular flexibility index (Phi) is 5.25. The van der Waals surface area contributed by atoms with E-state index in [9.17, 15) is 10.2 Å². The molecular formula is C11H14ClN3O2. The highest BCUT2D eigenvalue weighted by atomic mass is 35.5. The normalized spacial score (nSPS) is 13.9. The smallest absolute Gasteiger partial charge is 0.105 e. The Balaban J connectivity index is 2.70. The Labute approximate surface area is 104 Å². The number of halogens is 1. The zero-order valence-corrected chi connectivity index (χ0v) is 10.2. The van der Waals surface area contributed by atoms with E-state index in [0.717, 1.165) is 5.56 Å². The summed E-state index contributed by atoms with van der Waals surface area (Å²) in [6.07, 6.45) is -1.79. The van der Waals surface area contributed by atoms with Crippen LogP contribution in [0.3, 0.4) is 0 Å². The minimum absolute atomic E-state index is 0.147. The lowest BCUT2D eigenvalue weighted by molar-refractivity contribution is 0.0150. The second-order valence-corrected chi connectivity index (χ2v) is 4.17. The molecule has 1 aromatic rings. The van der Waals surface area contributed by atoms with E-state index in [2.05, 4.69) is 10.0 Å². The third-order valence-electron chi connectivity index (χ3n) is 2.49. The van der Waals surface area contributed by atoms with Gasteiger partial charge in [0.25, 0.3) is 0 Å². The lowest BCUT2D eigenvalue weighted by Gasteiger charge is -2.17. The molecule has 6 heteroatoms. The van der Waals surface area contributed by atoms with Gasteiger partial charge in [0, 0.05) is 16.5 Å². The van der Waals surface area contributed by atoms with Gasteiger partial charge in [0.05, 0.1) is 6.10 Å².